The number of likely N-dealkylation sites (tertiary alicyclic amines) is 1. The van der Waals surface area contributed by atoms with Crippen LogP contribution >= 0.6 is 0 Å². The van der Waals surface area contributed by atoms with Gasteiger partial charge in [-0.2, -0.15) is 0 Å². The van der Waals surface area contributed by atoms with Crippen molar-refractivity contribution in [1.82, 2.24) is 4.90 Å². The maximum atomic E-state index is 11.8. The molecule has 1 heterocycles. The summed E-state index contributed by atoms with van der Waals surface area (Å²) in [5, 5.41) is 0. The second-order valence-corrected chi connectivity index (χ2v) is 5.91. The largest absolute Gasteiger partial charge is 0.303 e. The molecule has 0 radical (unpaired) electrons. The van der Waals surface area contributed by atoms with Gasteiger partial charge in [-0.05, 0) is 51.1 Å². The number of rotatable bonds is 3. The van der Waals surface area contributed by atoms with Gasteiger partial charge in [0.2, 0.25) is 0 Å². The van der Waals surface area contributed by atoms with Crippen molar-refractivity contribution in [3.63, 3.8) is 0 Å². The highest BCUT2D eigenvalue weighted by Gasteiger charge is 2.25. The molecule has 1 saturated heterocycles. The van der Waals surface area contributed by atoms with E-state index in [4.69, 9.17) is 0 Å². The van der Waals surface area contributed by atoms with Crippen LogP contribution in [0, 0.1) is 11.8 Å². The number of nitrogens with zero attached hydrogens (tertiary/aromatic N) is 1. The first-order valence-corrected chi connectivity index (χ1v) is 7.54. The maximum absolute atomic E-state index is 11.8. The fourth-order valence-corrected chi connectivity index (χ4v) is 3.38. The fraction of sp³-hybridized carbons (Fsp3) is 0.933. The molecule has 2 atom stereocenters. The Morgan fingerprint density at radius 1 is 1.12 bits per heavy atom. The Kier molecular flexibility index (Phi) is 5.02. The van der Waals surface area contributed by atoms with Crippen LogP contribution in [0.1, 0.15) is 58.3 Å². The fourth-order valence-electron chi connectivity index (χ4n) is 3.38. The molecule has 98 valence electrons. The normalized spacial score (nSPS) is 32.4. The van der Waals surface area contributed by atoms with Crippen molar-refractivity contribution < 1.29 is 4.79 Å². The Balaban J connectivity index is 1.80. The third-order valence-corrected chi connectivity index (χ3v) is 4.68. The molecule has 2 unspecified atom stereocenters. The molecule has 0 amide bonds. The van der Waals surface area contributed by atoms with Crippen molar-refractivity contribution in [2.24, 2.45) is 11.8 Å². The van der Waals surface area contributed by atoms with Gasteiger partial charge in [0.15, 0.2) is 0 Å². The molecule has 0 aromatic carbocycles. The Hall–Kier alpha value is -0.370. The zero-order valence-corrected chi connectivity index (χ0v) is 11.3. The third kappa shape index (κ3) is 3.80. The van der Waals surface area contributed by atoms with Crippen LogP contribution in [-0.2, 0) is 4.79 Å². The molecule has 1 aliphatic carbocycles. The van der Waals surface area contributed by atoms with Crippen LogP contribution in [-0.4, -0.2) is 30.3 Å². The second kappa shape index (κ2) is 6.53. The van der Waals surface area contributed by atoms with E-state index in [1.54, 1.807) is 0 Å². The van der Waals surface area contributed by atoms with Crippen LogP contribution in [0.5, 0.6) is 0 Å². The van der Waals surface area contributed by atoms with Crippen LogP contribution in [0.25, 0.3) is 0 Å². The molecule has 2 heteroatoms. The first-order valence-electron chi connectivity index (χ1n) is 7.54. The van der Waals surface area contributed by atoms with E-state index in [2.05, 4.69) is 11.8 Å². The summed E-state index contributed by atoms with van der Waals surface area (Å²) >= 11 is 0. The number of hydrogen-bond donors (Lipinski definition) is 0. The van der Waals surface area contributed by atoms with E-state index in [0.29, 0.717) is 11.7 Å². The summed E-state index contributed by atoms with van der Waals surface area (Å²) < 4.78 is 0. The molecule has 0 aromatic rings. The molecule has 17 heavy (non-hydrogen) atoms. The van der Waals surface area contributed by atoms with Crippen molar-refractivity contribution in [2.45, 2.75) is 58.3 Å². The van der Waals surface area contributed by atoms with Gasteiger partial charge in [-0.15, -0.1) is 0 Å². The highest BCUT2D eigenvalue weighted by molar-refractivity contribution is 5.81. The molecule has 2 rings (SSSR count). The van der Waals surface area contributed by atoms with Crippen LogP contribution in [0.15, 0.2) is 0 Å². The summed E-state index contributed by atoms with van der Waals surface area (Å²) in [6.07, 6.45) is 9.79. The van der Waals surface area contributed by atoms with Crippen LogP contribution in [0.3, 0.4) is 0 Å². The lowest BCUT2D eigenvalue weighted by Gasteiger charge is -2.27. The zero-order chi connectivity index (χ0) is 12.1. The highest BCUT2D eigenvalue weighted by atomic mass is 16.1. The summed E-state index contributed by atoms with van der Waals surface area (Å²) in [7, 11) is 0. The summed E-state index contributed by atoms with van der Waals surface area (Å²) in [5.74, 6) is 1.83. The number of ketones is 1. The smallest absolute Gasteiger partial charge is 0.137 e. The minimum atomic E-state index is 0.363. The van der Waals surface area contributed by atoms with Crippen LogP contribution < -0.4 is 0 Å². The summed E-state index contributed by atoms with van der Waals surface area (Å²) in [4.78, 5) is 14.4. The van der Waals surface area contributed by atoms with Gasteiger partial charge >= 0.3 is 0 Å². The Morgan fingerprint density at radius 3 is 2.76 bits per heavy atom. The minimum absolute atomic E-state index is 0.363. The molecular weight excluding hydrogens is 210 g/mol. The van der Waals surface area contributed by atoms with Gasteiger partial charge in [0.05, 0.1) is 0 Å². The standard InChI is InChI=1S/C15H27NO/c1-2-13-6-5-10-16(11-9-13)12-14-7-3-4-8-15(14)17/h13-14H,2-12H2,1H3. The van der Waals surface area contributed by atoms with E-state index < -0.39 is 0 Å². The molecule has 2 nitrogen and oxygen atoms in total. The van der Waals surface area contributed by atoms with Crippen molar-refractivity contribution >= 4 is 5.78 Å². The number of Topliss-reactive ketones (excluding diaryl/α,β-unsaturated/α-hetero) is 1. The van der Waals surface area contributed by atoms with Gasteiger partial charge < -0.3 is 4.90 Å². The molecule has 0 N–H and O–H groups in total. The predicted molar refractivity (Wildman–Crippen MR) is 71.0 cm³/mol. The predicted octanol–water partition coefficient (Wildman–Crippen LogP) is 3.26. The van der Waals surface area contributed by atoms with Crippen molar-refractivity contribution in [3.8, 4) is 0 Å². The summed E-state index contributed by atoms with van der Waals surface area (Å²) in [6.45, 7) is 5.81. The second-order valence-electron chi connectivity index (χ2n) is 5.91. The molecular formula is C15H27NO. The van der Waals surface area contributed by atoms with Crippen molar-refractivity contribution in [3.05, 3.63) is 0 Å². The topological polar surface area (TPSA) is 20.3 Å². The lowest BCUT2D eigenvalue weighted by Crippen LogP contribution is -2.35. The first kappa shape index (κ1) is 13.1. The molecule has 0 aromatic heterocycles. The number of hydrogen-bond acceptors (Lipinski definition) is 2. The molecule has 1 aliphatic heterocycles. The average molecular weight is 237 g/mol. The summed E-state index contributed by atoms with van der Waals surface area (Å²) in [6, 6.07) is 0. The summed E-state index contributed by atoms with van der Waals surface area (Å²) in [5.41, 5.74) is 0. The van der Waals surface area contributed by atoms with Crippen molar-refractivity contribution in [1.29, 1.82) is 0 Å². The van der Waals surface area contributed by atoms with E-state index in [1.165, 1.54) is 45.2 Å². The molecule has 2 aliphatic rings. The van der Waals surface area contributed by atoms with E-state index in [9.17, 15) is 4.79 Å². The quantitative estimate of drug-likeness (QED) is 0.751. The molecule has 0 spiro atoms. The Bertz CT molecular complexity index is 251. The van der Waals surface area contributed by atoms with E-state index in [1.807, 2.05) is 0 Å². The first-order chi connectivity index (χ1) is 8.29. The molecule has 2 fully saturated rings. The SMILES string of the molecule is CCC1CCCN(CC2CCCCC2=O)CC1. The van der Waals surface area contributed by atoms with Gasteiger partial charge in [-0.25, -0.2) is 0 Å². The monoisotopic (exact) mass is 237 g/mol. The third-order valence-electron chi connectivity index (χ3n) is 4.68. The lowest BCUT2D eigenvalue weighted by molar-refractivity contribution is -0.125. The maximum Gasteiger partial charge on any atom is 0.137 e. The lowest BCUT2D eigenvalue weighted by atomic mass is 9.87. The van der Waals surface area contributed by atoms with Gasteiger partial charge in [-0.1, -0.05) is 19.8 Å². The van der Waals surface area contributed by atoms with Gasteiger partial charge in [-0.3, -0.25) is 4.79 Å². The van der Waals surface area contributed by atoms with E-state index in [0.717, 1.165) is 31.7 Å². The number of carbonyl (C=O) groups excluding carboxylic acids is 1. The van der Waals surface area contributed by atoms with Gasteiger partial charge in [0.25, 0.3) is 0 Å². The van der Waals surface area contributed by atoms with Crippen LogP contribution in [0.4, 0.5) is 0 Å². The van der Waals surface area contributed by atoms with Crippen molar-refractivity contribution in [2.75, 3.05) is 19.6 Å². The Morgan fingerprint density at radius 2 is 2.00 bits per heavy atom. The van der Waals surface area contributed by atoms with E-state index in [-0.39, 0.29) is 0 Å². The minimum Gasteiger partial charge on any atom is -0.303 e. The Labute approximate surface area is 106 Å². The zero-order valence-electron chi connectivity index (χ0n) is 11.3. The highest BCUT2D eigenvalue weighted by Crippen LogP contribution is 2.24. The number of carbonyl (C=O) groups is 1. The molecule has 0 bridgehead atoms. The molecule has 1 saturated carbocycles. The van der Waals surface area contributed by atoms with E-state index >= 15 is 0 Å². The average Bonchev–Trinajstić information content (AvgIpc) is 2.57. The van der Waals surface area contributed by atoms with Gasteiger partial charge in [0, 0.05) is 18.9 Å². The van der Waals surface area contributed by atoms with Gasteiger partial charge in [0.1, 0.15) is 5.78 Å². The van der Waals surface area contributed by atoms with Crippen LogP contribution in [0.2, 0.25) is 0 Å².